The third-order valence-electron chi connectivity index (χ3n) is 3.46. The van der Waals surface area contributed by atoms with Gasteiger partial charge >= 0.3 is 0 Å². The third kappa shape index (κ3) is 4.16. The topological polar surface area (TPSA) is 55.8 Å². The Morgan fingerprint density at radius 1 is 1.04 bits per heavy atom. The van der Waals surface area contributed by atoms with E-state index in [1.165, 1.54) is 17.7 Å². The lowest BCUT2D eigenvalue weighted by Gasteiger charge is -2.24. The van der Waals surface area contributed by atoms with E-state index >= 15 is 0 Å². The second-order valence-electron chi connectivity index (χ2n) is 5.30. The zero-order chi connectivity index (χ0) is 17.0. The number of hydrogen-bond donors (Lipinski definition) is 0. The van der Waals surface area contributed by atoms with Gasteiger partial charge in [-0.15, -0.1) is 0 Å². The van der Waals surface area contributed by atoms with E-state index in [0.29, 0.717) is 17.2 Å². The Bertz CT molecular complexity index is 787. The maximum atomic E-state index is 12.3. The average molecular weight is 335 g/mol. The van der Waals surface area contributed by atoms with Gasteiger partial charge in [-0.3, -0.25) is 4.31 Å². The number of ether oxygens (including phenoxy) is 2. The molecule has 0 fully saturated rings. The van der Waals surface area contributed by atoms with Crippen LogP contribution in [0, 0.1) is 6.92 Å². The zero-order valence-corrected chi connectivity index (χ0v) is 14.6. The molecular formula is C17H21NO4S. The monoisotopic (exact) mass is 335 g/mol. The lowest BCUT2D eigenvalue weighted by Crippen LogP contribution is -2.29. The van der Waals surface area contributed by atoms with Crippen molar-refractivity contribution < 1.29 is 17.9 Å². The van der Waals surface area contributed by atoms with E-state index in [9.17, 15) is 8.42 Å². The summed E-state index contributed by atoms with van der Waals surface area (Å²) in [6.07, 6.45) is 1.19. The van der Waals surface area contributed by atoms with Crippen LogP contribution in [0.4, 0.5) is 5.69 Å². The van der Waals surface area contributed by atoms with Gasteiger partial charge in [-0.2, -0.15) is 0 Å². The first-order chi connectivity index (χ1) is 10.8. The molecule has 0 N–H and O–H groups in total. The van der Waals surface area contributed by atoms with Crippen molar-refractivity contribution in [2.75, 3.05) is 24.8 Å². The van der Waals surface area contributed by atoms with Crippen molar-refractivity contribution in [3.8, 4) is 11.5 Å². The fraction of sp³-hybridized carbons (Fsp3) is 0.294. The summed E-state index contributed by atoms with van der Waals surface area (Å²) in [4.78, 5) is 0. The number of hydrogen-bond acceptors (Lipinski definition) is 4. The highest BCUT2D eigenvalue weighted by atomic mass is 32.2. The van der Waals surface area contributed by atoms with Gasteiger partial charge in [0.15, 0.2) is 0 Å². The van der Waals surface area contributed by atoms with Crippen LogP contribution in [0.3, 0.4) is 0 Å². The predicted molar refractivity (Wildman–Crippen MR) is 91.8 cm³/mol. The van der Waals surface area contributed by atoms with Crippen molar-refractivity contribution in [1.29, 1.82) is 0 Å². The van der Waals surface area contributed by atoms with E-state index in [0.717, 1.165) is 11.1 Å². The van der Waals surface area contributed by atoms with E-state index in [2.05, 4.69) is 0 Å². The molecule has 6 heteroatoms. The van der Waals surface area contributed by atoms with Crippen LogP contribution < -0.4 is 13.8 Å². The summed E-state index contributed by atoms with van der Waals surface area (Å²) in [6, 6.07) is 12.8. The summed E-state index contributed by atoms with van der Waals surface area (Å²) in [7, 11) is -0.412. The molecule has 124 valence electrons. The van der Waals surface area contributed by atoms with Crippen LogP contribution in [0.5, 0.6) is 11.5 Å². The van der Waals surface area contributed by atoms with E-state index in [4.69, 9.17) is 9.47 Å². The van der Waals surface area contributed by atoms with Crippen molar-refractivity contribution in [3.63, 3.8) is 0 Å². The molecule has 0 heterocycles. The van der Waals surface area contributed by atoms with Crippen molar-refractivity contribution in [3.05, 3.63) is 53.6 Å². The van der Waals surface area contributed by atoms with Crippen LogP contribution >= 0.6 is 0 Å². The number of sulfonamides is 1. The van der Waals surface area contributed by atoms with Crippen LogP contribution in [-0.2, 0) is 16.6 Å². The highest BCUT2D eigenvalue weighted by molar-refractivity contribution is 7.92. The smallest absolute Gasteiger partial charge is 0.232 e. The fourth-order valence-corrected chi connectivity index (χ4v) is 3.24. The standard InChI is InChI=1S/C17H21NO4S/c1-13-6-5-7-14(10-13)12-18(23(4,19)20)16-9-8-15(21-2)11-17(16)22-3/h5-11H,12H2,1-4H3. The van der Waals surface area contributed by atoms with Crippen molar-refractivity contribution in [1.82, 2.24) is 0 Å². The van der Waals surface area contributed by atoms with Crippen molar-refractivity contribution in [2.24, 2.45) is 0 Å². The molecule has 0 radical (unpaired) electrons. The number of aryl methyl sites for hydroxylation is 1. The number of benzene rings is 2. The van der Waals surface area contributed by atoms with Crippen LogP contribution in [0.1, 0.15) is 11.1 Å². The number of methoxy groups -OCH3 is 2. The lowest BCUT2D eigenvalue weighted by molar-refractivity contribution is 0.395. The molecule has 0 spiro atoms. The Labute approximate surface area is 137 Å². The van der Waals surface area contributed by atoms with Gasteiger partial charge in [-0.1, -0.05) is 29.8 Å². The summed E-state index contributed by atoms with van der Waals surface area (Å²) in [5.41, 5.74) is 2.48. The minimum absolute atomic E-state index is 0.239. The van der Waals surface area contributed by atoms with Crippen molar-refractivity contribution >= 4 is 15.7 Å². The quantitative estimate of drug-likeness (QED) is 0.814. The second-order valence-corrected chi connectivity index (χ2v) is 7.20. The first-order valence-corrected chi connectivity index (χ1v) is 8.95. The second kappa shape index (κ2) is 6.91. The van der Waals surface area contributed by atoms with Gasteiger partial charge in [-0.25, -0.2) is 8.42 Å². The molecule has 0 unspecified atom stereocenters. The van der Waals surface area contributed by atoms with Crippen LogP contribution in [0.15, 0.2) is 42.5 Å². The summed E-state index contributed by atoms with van der Waals surface area (Å²) in [5, 5.41) is 0. The minimum Gasteiger partial charge on any atom is -0.497 e. The first kappa shape index (κ1) is 17.1. The normalized spacial score (nSPS) is 11.1. The molecule has 0 aliphatic heterocycles. The van der Waals surface area contributed by atoms with Gasteiger partial charge in [0.1, 0.15) is 11.5 Å². The Morgan fingerprint density at radius 3 is 2.35 bits per heavy atom. The molecule has 0 atom stereocenters. The SMILES string of the molecule is COc1ccc(N(Cc2cccc(C)c2)S(C)(=O)=O)c(OC)c1. The van der Waals surface area contributed by atoms with Gasteiger partial charge in [0.2, 0.25) is 10.0 Å². The molecule has 0 aliphatic rings. The zero-order valence-electron chi connectivity index (χ0n) is 13.7. The third-order valence-corrected chi connectivity index (χ3v) is 4.59. The van der Waals surface area contributed by atoms with Crippen LogP contribution in [0.25, 0.3) is 0 Å². The lowest BCUT2D eigenvalue weighted by atomic mass is 10.1. The number of nitrogens with zero attached hydrogens (tertiary/aromatic N) is 1. The molecule has 2 aromatic rings. The van der Waals surface area contributed by atoms with E-state index < -0.39 is 10.0 Å². The summed E-state index contributed by atoms with van der Waals surface area (Å²) in [5.74, 6) is 1.05. The minimum atomic E-state index is -3.47. The molecule has 0 bridgehead atoms. The summed E-state index contributed by atoms with van der Waals surface area (Å²) >= 11 is 0. The maximum absolute atomic E-state index is 12.3. The van der Waals surface area contributed by atoms with Gasteiger partial charge in [0, 0.05) is 6.07 Å². The van der Waals surface area contributed by atoms with Gasteiger partial charge in [0.25, 0.3) is 0 Å². The highest BCUT2D eigenvalue weighted by Gasteiger charge is 2.22. The largest absolute Gasteiger partial charge is 0.497 e. The maximum Gasteiger partial charge on any atom is 0.232 e. The van der Waals surface area contributed by atoms with Crippen LogP contribution in [0.2, 0.25) is 0 Å². The summed E-state index contributed by atoms with van der Waals surface area (Å²) < 4.78 is 36.4. The van der Waals surface area contributed by atoms with E-state index in [-0.39, 0.29) is 6.54 Å². The molecular weight excluding hydrogens is 314 g/mol. The van der Waals surface area contributed by atoms with E-state index in [1.807, 2.05) is 31.2 Å². The van der Waals surface area contributed by atoms with Crippen molar-refractivity contribution in [2.45, 2.75) is 13.5 Å². The molecule has 0 aliphatic carbocycles. The van der Waals surface area contributed by atoms with Gasteiger partial charge in [-0.05, 0) is 24.6 Å². The molecule has 0 aromatic heterocycles. The summed E-state index contributed by atoms with van der Waals surface area (Å²) in [6.45, 7) is 2.21. The molecule has 23 heavy (non-hydrogen) atoms. The Hall–Kier alpha value is -2.21. The highest BCUT2D eigenvalue weighted by Crippen LogP contribution is 2.34. The van der Waals surface area contributed by atoms with E-state index in [1.54, 1.807) is 25.3 Å². The first-order valence-electron chi connectivity index (χ1n) is 7.10. The molecule has 0 saturated carbocycles. The molecule has 0 saturated heterocycles. The molecule has 0 amide bonds. The predicted octanol–water partition coefficient (Wildman–Crippen LogP) is 2.98. The van der Waals surface area contributed by atoms with Gasteiger partial charge in [0.05, 0.1) is 32.7 Å². The Balaban J connectivity index is 2.48. The van der Waals surface area contributed by atoms with Gasteiger partial charge < -0.3 is 9.47 Å². The molecule has 2 rings (SSSR count). The Kier molecular flexibility index (Phi) is 5.15. The average Bonchev–Trinajstić information content (AvgIpc) is 2.51. The molecule has 5 nitrogen and oxygen atoms in total. The fourth-order valence-electron chi connectivity index (χ4n) is 2.35. The van der Waals surface area contributed by atoms with Crippen LogP contribution in [-0.4, -0.2) is 28.9 Å². The number of anilines is 1. The number of rotatable bonds is 6. The Morgan fingerprint density at radius 2 is 1.78 bits per heavy atom. The molecule has 2 aromatic carbocycles.